The highest BCUT2D eigenvalue weighted by atomic mass is 16.5. The Morgan fingerprint density at radius 1 is 1.11 bits per heavy atom. The molecule has 0 radical (unpaired) electrons. The summed E-state index contributed by atoms with van der Waals surface area (Å²) in [4.78, 5) is 0. The van der Waals surface area contributed by atoms with Crippen molar-refractivity contribution in [3.63, 3.8) is 0 Å². The van der Waals surface area contributed by atoms with E-state index in [9.17, 15) is 5.11 Å². The molecule has 4 rings (SSSR count). The summed E-state index contributed by atoms with van der Waals surface area (Å²) in [6.07, 6.45) is 6.21. The lowest BCUT2D eigenvalue weighted by atomic mass is 9.82. The van der Waals surface area contributed by atoms with Crippen molar-refractivity contribution < 1.29 is 14.6 Å². The van der Waals surface area contributed by atoms with E-state index in [0.29, 0.717) is 11.8 Å². The zero-order valence-electron chi connectivity index (χ0n) is 16.7. The van der Waals surface area contributed by atoms with Crippen molar-refractivity contribution in [2.75, 3.05) is 20.3 Å². The first-order valence-electron chi connectivity index (χ1n) is 10.4. The Bertz CT molecular complexity index is 821. The molecule has 4 nitrogen and oxygen atoms in total. The van der Waals surface area contributed by atoms with Crippen molar-refractivity contribution in [3.05, 3.63) is 59.2 Å². The molecule has 28 heavy (non-hydrogen) atoms. The standard InChI is InChI=1S/C24H31NO3/c1-27-22-3-2-4-23(13-22)28-15-17-5-6-19-12-20(8-7-18(19)11-17)21-9-10-24(25,14-21)16-26/h2-4,7-8,12-13,17,21,26H,5-6,9-11,14-16,25H2,1H3/t17-,21+,24-/m0/s1. The second-order valence-corrected chi connectivity index (χ2v) is 8.59. The zero-order chi connectivity index (χ0) is 19.6. The van der Waals surface area contributed by atoms with E-state index in [1.165, 1.54) is 16.7 Å². The smallest absolute Gasteiger partial charge is 0.122 e. The van der Waals surface area contributed by atoms with Crippen LogP contribution >= 0.6 is 0 Å². The minimum absolute atomic E-state index is 0.0867. The summed E-state index contributed by atoms with van der Waals surface area (Å²) in [6, 6.07) is 14.8. The molecular weight excluding hydrogens is 350 g/mol. The number of hydrogen-bond acceptors (Lipinski definition) is 4. The van der Waals surface area contributed by atoms with E-state index in [0.717, 1.165) is 56.6 Å². The topological polar surface area (TPSA) is 64.7 Å². The number of aryl methyl sites for hydroxylation is 1. The summed E-state index contributed by atoms with van der Waals surface area (Å²) >= 11 is 0. The van der Waals surface area contributed by atoms with Crippen molar-refractivity contribution in [1.29, 1.82) is 0 Å². The minimum Gasteiger partial charge on any atom is -0.497 e. The molecule has 0 heterocycles. The van der Waals surface area contributed by atoms with Crippen LogP contribution in [0.4, 0.5) is 0 Å². The number of aliphatic hydroxyl groups excluding tert-OH is 1. The van der Waals surface area contributed by atoms with Crippen LogP contribution in [-0.2, 0) is 12.8 Å². The van der Waals surface area contributed by atoms with Gasteiger partial charge in [0.2, 0.25) is 0 Å². The third-order valence-electron chi connectivity index (χ3n) is 6.52. The molecule has 0 bridgehead atoms. The van der Waals surface area contributed by atoms with Gasteiger partial charge in [0, 0.05) is 11.6 Å². The van der Waals surface area contributed by atoms with Gasteiger partial charge < -0.3 is 20.3 Å². The van der Waals surface area contributed by atoms with Gasteiger partial charge in [-0.15, -0.1) is 0 Å². The highest BCUT2D eigenvalue weighted by Gasteiger charge is 2.36. The van der Waals surface area contributed by atoms with Crippen molar-refractivity contribution >= 4 is 0 Å². The van der Waals surface area contributed by atoms with Gasteiger partial charge in [-0.25, -0.2) is 0 Å². The van der Waals surface area contributed by atoms with Crippen LogP contribution in [0.3, 0.4) is 0 Å². The van der Waals surface area contributed by atoms with E-state index < -0.39 is 0 Å². The summed E-state index contributed by atoms with van der Waals surface area (Å²) in [6.45, 7) is 0.826. The Morgan fingerprint density at radius 2 is 1.96 bits per heavy atom. The van der Waals surface area contributed by atoms with Gasteiger partial charge >= 0.3 is 0 Å². The molecule has 1 saturated carbocycles. The van der Waals surface area contributed by atoms with Crippen LogP contribution in [-0.4, -0.2) is 31.0 Å². The number of benzene rings is 2. The summed E-state index contributed by atoms with van der Waals surface area (Å²) < 4.78 is 11.3. The summed E-state index contributed by atoms with van der Waals surface area (Å²) in [5, 5.41) is 9.53. The highest BCUT2D eigenvalue weighted by Crippen LogP contribution is 2.40. The first-order chi connectivity index (χ1) is 13.6. The van der Waals surface area contributed by atoms with Gasteiger partial charge in [0.15, 0.2) is 0 Å². The van der Waals surface area contributed by atoms with Crippen molar-refractivity contribution in [3.8, 4) is 11.5 Å². The molecule has 2 aromatic carbocycles. The van der Waals surface area contributed by atoms with E-state index in [2.05, 4.69) is 18.2 Å². The number of ether oxygens (including phenoxy) is 2. The first-order valence-corrected chi connectivity index (χ1v) is 10.4. The van der Waals surface area contributed by atoms with Crippen LogP contribution in [0.2, 0.25) is 0 Å². The second kappa shape index (κ2) is 8.14. The van der Waals surface area contributed by atoms with Crippen LogP contribution in [0.1, 0.15) is 48.3 Å². The lowest BCUT2D eigenvalue weighted by Crippen LogP contribution is -2.40. The zero-order valence-corrected chi connectivity index (χ0v) is 16.7. The molecule has 150 valence electrons. The molecular formula is C24H31NO3. The molecule has 4 heteroatoms. The number of methoxy groups -OCH3 is 1. The van der Waals surface area contributed by atoms with Crippen molar-refractivity contribution in [1.82, 2.24) is 0 Å². The maximum atomic E-state index is 9.53. The van der Waals surface area contributed by atoms with Crippen LogP contribution in [0.5, 0.6) is 11.5 Å². The van der Waals surface area contributed by atoms with E-state index in [-0.39, 0.29) is 12.1 Å². The average Bonchev–Trinajstić information content (AvgIpc) is 3.14. The van der Waals surface area contributed by atoms with Crippen molar-refractivity contribution in [2.24, 2.45) is 11.7 Å². The summed E-state index contributed by atoms with van der Waals surface area (Å²) in [5.41, 5.74) is 10.2. The fraction of sp³-hybridized carbons (Fsp3) is 0.500. The monoisotopic (exact) mass is 381 g/mol. The fourth-order valence-electron chi connectivity index (χ4n) is 4.74. The SMILES string of the molecule is COc1cccc(OC[C@H]2CCc3cc([C@@H]4CC[C@@](N)(CO)C4)ccc3C2)c1. The van der Waals surface area contributed by atoms with E-state index >= 15 is 0 Å². The Balaban J connectivity index is 1.37. The summed E-state index contributed by atoms with van der Waals surface area (Å²) in [7, 11) is 1.67. The maximum absolute atomic E-state index is 9.53. The molecule has 0 amide bonds. The predicted octanol–water partition coefficient (Wildman–Crippen LogP) is 3.84. The molecule has 0 aromatic heterocycles. The van der Waals surface area contributed by atoms with E-state index in [1.807, 2.05) is 24.3 Å². The van der Waals surface area contributed by atoms with E-state index in [4.69, 9.17) is 15.2 Å². The number of hydrogen-bond donors (Lipinski definition) is 2. The van der Waals surface area contributed by atoms with Gasteiger partial charge in [-0.3, -0.25) is 0 Å². The lowest BCUT2D eigenvalue weighted by Gasteiger charge is -2.26. The molecule has 0 saturated heterocycles. The highest BCUT2D eigenvalue weighted by molar-refractivity contribution is 5.37. The number of nitrogens with two attached hydrogens (primary N) is 1. The average molecular weight is 382 g/mol. The van der Waals surface area contributed by atoms with Gasteiger partial charge in [-0.1, -0.05) is 24.3 Å². The number of fused-ring (bicyclic) bond motifs is 1. The Labute approximate surface area is 167 Å². The normalized spacial score (nSPS) is 26.7. The summed E-state index contributed by atoms with van der Waals surface area (Å²) in [5.74, 6) is 2.73. The van der Waals surface area contributed by atoms with Crippen LogP contribution in [0.15, 0.2) is 42.5 Å². The van der Waals surface area contributed by atoms with Gasteiger partial charge in [0.05, 0.1) is 20.3 Å². The molecule has 2 aromatic rings. The largest absolute Gasteiger partial charge is 0.497 e. The van der Waals surface area contributed by atoms with Gasteiger partial charge in [0.25, 0.3) is 0 Å². The van der Waals surface area contributed by atoms with Gasteiger partial charge in [-0.2, -0.15) is 0 Å². The maximum Gasteiger partial charge on any atom is 0.122 e. The quantitative estimate of drug-likeness (QED) is 0.798. The predicted molar refractivity (Wildman–Crippen MR) is 111 cm³/mol. The number of aliphatic hydroxyl groups is 1. The molecule has 0 aliphatic heterocycles. The van der Waals surface area contributed by atoms with Gasteiger partial charge in [0.1, 0.15) is 11.5 Å². The van der Waals surface area contributed by atoms with Crippen LogP contribution < -0.4 is 15.2 Å². The molecule has 2 aliphatic rings. The number of rotatable bonds is 6. The van der Waals surface area contributed by atoms with Crippen LogP contribution in [0, 0.1) is 5.92 Å². The Morgan fingerprint density at radius 3 is 2.75 bits per heavy atom. The minimum atomic E-state index is -0.386. The molecule has 2 aliphatic carbocycles. The third kappa shape index (κ3) is 4.18. The first kappa shape index (κ1) is 19.3. The lowest BCUT2D eigenvalue weighted by molar-refractivity contribution is 0.198. The molecule has 3 N–H and O–H groups in total. The molecule has 0 spiro atoms. The molecule has 3 atom stereocenters. The second-order valence-electron chi connectivity index (χ2n) is 8.59. The Hall–Kier alpha value is -2.04. The van der Waals surface area contributed by atoms with E-state index in [1.54, 1.807) is 7.11 Å². The molecule has 1 fully saturated rings. The molecule has 0 unspecified atom stereocenters. The van der Waals surface area contributed by atoms with Crippen molar-refractivity contribution in [2.45, 2.75) is 50.0 Å². The van der Waals surface area contributed by atoms with Crippen LogP contribution in [0.25, 0.3) is 0 Å². The van der Waals surface area contributed by atoms with Gasteiger partial charge in [-0.05, 0) is 79.2 Å². The fourth-order valence-corrected chi connectivity index (χ4v) is 4.74. The Kier molecular flexibility index (Phi) is 5.61. The third-order valence-corrected chi connectivity index (χ3v) is 6.52.